The lowest BCUT2D eigenvalue weighted by molar-refractivity contribution is -0.337. The second-order valence-electron chi connectivity index (χ2n) is 8.90. The van der Waals surface area contributed by atoms with Gasteiger partial charge in [-0.3, -0.25) is 0 Å². The fraction of sp³-hybridized carbons (Fsp3) is 0.500. The third kappa shape index (κ3) is 4.67. The highest BCUT2D eigenvalue weighted by Crippen LogP contribution is 2.51. The second-order valence-corrected chi connectivity index (χ2v) is 9.30. The highest BCUT2D eigenvalue weighted by molar-refractivity contribution is 6.31. The first-order valence-corrected chi connectivity index (χ1v) is 12.3. The molecule has 3 N–H and O–H groups in total. The largest absolute Gasteiger partial charge is 0.508 e. The van der Waals surface area contributed by atoms with E-state index in [2.05, 4.69) is 0 Å². The molecule has 0 aliphatic carbocycles. The summed E-state index contributed by atoms with van der Waals surface area (Å²) in [5.74, 6) is -1.05. The van der Waals surface area contributed by atoms with Crippen LogP contribution in [0.3, 0.4) is 0 Å². The predicted molar refractivity (Wildman–Crippen MR) is 129 cm³/mol. The van der Waals surface area contributed by atoms with Crippen molar-refractivity contribution in [2.75, 3.05) is 19.8 Å². The number of ether oxygens (including phenoxy) is 5. The van der Waals surface area contributed by atoms with E-state index in [1.165, 1.54) is 6.92 Å². The highest BCUT2D eigenvalue weighted by Gasteiger charge is 2.69. The summed E-state index contributed by atoms with van der Waals surface area (Å²) < 4.78 is 27.8. The zero-order chi connectivity index (χ0) is 26.1. The molecule has 196 valence electrons. The molecule has 1 unspecified atom stereocenters. The van der Waals surface area contributed by atoms with Crippen molar-refractivity contribution in [2.24, 2.45) is 0 Å². The number of rotatable bonds is 8. The first kappa shape index (κ1) is 26.7. The Labute approximate surface area is 214 Å². The molecule has 2 saturated heterocycles. The van der Waals surface area contributed by atoms with E-state index < -0.39 is 42.0 Å². The number of aliphatic hydroxyl groups excluding tert-OH is 3. The van der Waals surface area contributed by atoms with Crippen molar-refractivity contribution in [1.82, 2.24) is 0 Å². The molecule has 36 heavy (non-hydrogen) atoms. The Bertz CT molecular complexity index is 1080. The maximum Gasteiger partial charge on any atom is 0.508 e. The van der Waals surface area contributed by atoms with E-state index in [4.69, 9.17) is 35.3 Å². The number of hydrogen-bond donors (Lipinski definition) is 3. The summed E-state index contributed by atoms with van der Waals surface area (Å²) in [5.41, 5.74) is 0.478. The Morgan fingerprint density at radius 3 is 2.50 bits per heavy atom. The summed E-state index contributed by atoms with van der Waals surface area (Å²) in [6.07, 6.45) is -6.40. The summed E-state index contributed by atoms with van der Waals surface area (Å²) in [6, 6.07) is 12.6. The Balaban J connectivity index is 1.64. The lowest BCUT2D eigenvalue weighted by Gasteiger charge is -2.48. The average molecular weight is 523 g/mol. The van der Waals surface area contributed by atoms with Gasteiger partial charge in [-0.2, -0.15) is 0 Å². The van der Waals surface area contributed by atoms with Gasteiger partial charge in [-0.1, -0.05) is 29.8 Å². The van der Waals surface area contributed by atoms with Crippen molar-refractivity contribution >= 4 is 17.8 Å². The third-order valence-corrected chi connectivity index (χ3v) is 7.06. The average Bonchev–Trinajstić information content (AvgIpc) is 3.25. The third-order valence-electron chi connectivity index (χ3n) is 6.69. The van der Waals surface area contributed by atoms with Crippen LogP contribution < -0.4 is 4.74 Å². The van der Waals surface area contributed by atoms with Crippen molar-refractivity contribution in [3.63, 3.8) is 0 Å². The van der Waals surface area contributed by atoms with Crippen LogP contribution in [0.4, 0.5) is 4.79 Å². The molecule has 2 aliphatic heterocycles. The van der Waals surface area contributed by atoms with Gasteiger partial charge in [0.05, 0.1) is 19.8 Å². The quantitative estimate of drug-likeness (QED) is 0.449. The van der Waals surface area contributed by atoms with Crippen LogP contribution in [-0.4, -0.2) is 71.3 Å². The van der Waals surface area contributed by atoms with Crippen molar-refractivity contribution in [2.45, 2.75) is 63.0 Å². The number of halogens is 1. The Morgan fingerprint density at radius 1 is 1.11 bits per heavy atom. The van der Waals surface area contributed by atoms with E-state index in [0.717, 1.165) is 16.9 Å². The minimum absolute atomic E-state index is 0.103. The number of aliphatic hydroxyl groups is 3. The molecule has 0 saturated carbocycles. The minimum atomic E-state index is -1.82. The van der Waals surface area contributed by atoms with Gasteiger partial charge in [-0.15, -0.1) is 0 Å². The smallest absolute Gasteiger partial charge is 0.494 e. The molecule has 0 aromatic heterocycles. The second kappa shape index (κ2) is 10.5. The topological polar surface area (TPSA) is 124 Å². The van der Waals surface area contributed by atoms with Gasteiger partial charge in [-0.05, 0) is 62.6 Å². The maximum absolute atomic E-state index is 11.9. The minimum Gasteiger partial charge on any atom is -0.494 e. The molecule has 0 amide bonds. The van der Waals surface area contributed by atoms with Crippen molar-refractivity contribution in [3.05, 3.63) is 64.2 Å². The molecule has 2 fully saturated rings. The Morgan fingerprint density at radius 2 is 1.83 bits per heavy atom. The molecule has 4 rings (SSSR count). The molecule has 2 bridgehead atoms. The van der Waals surface area contributed by atoms with Crippen LogP contribution in [0.1, 0.15) is 37.5 Å². The van der Waals surface area contributed by atoms with Crippen LogP contribution in [0, 0.1) is 0 Å². The molecule has 6 atom stereocenters. The first-order chi connectivity index (χ1) is 17.2. The van der Waals surface area contributed by atoms with Crippen molar-refractivity contribution < 1.29 is 43.8 Å². The molecule has 2 aromatic rings. The summed E-state index contributed by atoms with van der Waals surface area (Å²) in [6.45, 7) is 5.48. The van der Waals surface area contributed by atoms with Gasteiger partial charge < -0.3 is 39.0 Å². The van der Waals surface area contributed by atoms with Crippen molar-refractivity contribution in [3.8, 4) is 5.75 Å². The lowest BCUT2D eigenvalue weighted by Crippen LogP contribution is -2.68. The van der Waals surface area contributed by atoms with Gasteiger partial charge in [-0.25, -0.2) is 4.79 Å². The molecule has 2 aromatic carbocycles. The number of fused-ring (bicyclic) bond motifs is 2. The molecule has 9 nitrogen and oxygen atoms in total. The molecule has 0 spiro atoms. The maximum atomic E-state index is 11.9. The molecule has 0 radical (unpaired) electrons. The zero-order valence-electron chi connectivity index (χ0n) is 20.3. The van der Waals surface area contributed by atoms with E-state index in [1.54, 1.807) is 25.1 Å². The molecule has 2 aliphatic rings. The Kier molecular flexibility index (Phi) is 7.80. The van der Waals surface area contributed by atoms with Gasteiger partial charge in [0.25, 0.3) is 0 Å². The molecule has 2 heterocycles. The molecule has 10 heteroatoms. The Hall–Kier alpha value is -2.40. The number of benzene rings is 2. The normalized spacial score (nSPS) is 30.0. The van der Waals surface area contributed by atoms with E-state index in [-0.39, 0.29) is 13.2 Å². The first-order valence-electron chi connectivity index (χ1n) is 11.9. The van der Waals surface area contributed by atoms with E-state index in [1.807, 2.05) is 31.2 Å². The zero-order valence-corrected chi connectivity index (χ0v) is 21.1. The predicted octanol–water partition coefficient (Wildman–Crippen LogP) is 2.93. The van der Waals surface area contributed by atoms with Gasteiger partial charge in [0.15, 0.2) is 5.60 Å². The van der Waals surface area contributed by atoms with Crippen LogP contribution in [0.2, 0.25) is 5.02 Å². The summed E-state index contributed by atoms with van der Waals surface area (Å²) in [7, 11) is 0. The monoisotopic (exact) mass is 522 g/mol. The number of hydrogen-bond acceptors (Lipinski definition) is 9. The van der Waals surface area contributed by atoms with Crippen LogP contribution >= 0.6 is 11.6 Å². The molecular weight excluding hydrogens is 492 g/mol. The number of carbonyl (C=O) groups excluding carboxylic acids is 1. The fourth-order valence-corrected chi connectivity index (χ4v) is 4.89. The van der Waals surface area contributed by atoms with Gasteiger partial charge in [0, 0.05) is 10.6 Å². The summed E-state index contributed by atoms with van der Waals surface area (Å²) in [4.78, 5) is 11.9. The molecular formula is C26H31ClO9. The van der Waals surface area contributed by atoms with Crippen LogP contribution in [0.25, 0.3) is 0 Å². The van der Waals surface area contributed by atoms with E-state index in [0.29, 0.717) is 23.6 Å². The van der Waals surface area contributed by atoms with Crippen LogP contribution in [0.5, 0.6) is 5.75 Å². The fourth-order valence-electron chi connectivity index (χ4n) is 4.71. The van der Waals surface area contributed by atoms with E-state index in [9.17, 15) is 20.1 Å². The lowest BCUT2D eigenvalue weighted by atomic mass is 9.81. The summed E-state index contributed by atoms with van der Waals surface area (Å²) >= 11 is 6.49. The van der Waals surface area contributed by atoms with Crippen LogP contribution in [0.15, 0.2) is 42.5 Å². The van der Waals surface area contributed by atoms with Crippen molar-refractivity contribution in [1.29, 1.82) is 0 Å². The number of carbonyl (C=O) groups is 1. The van der Waals surface area contributed by atoms with E-state index >= 15 is 0 Å². The van der Waals surface area contributed by atoms with Gasteiger partial charge in [0.2, 0.25) is 5.79 Å². The van der Waals surface area contributed by atoms with Gasteiger partial charge >= 0.3 is 6.16 Å². The standard InChI is InChI=1S/C26H31ClO9/c1-4-32-19-9-6-16(7-10-19)12-17-13-18(8-11-20(17)27)26-23(30)21(28)22(29)25(36-26,14-34-26)15(3)35-24(31)33-5-2/h6-11,13,15,21-23,28-30H,4-5,12,14H2,1-3H3/t15?,21-,22-,23+,25-,26-/m0/s1. The SMILES string of the molecule is CCOC(=O)OC(C)[C@]12CO[C@@](c3ccc(Cl)c(Cc4ccc(OCC)cc4)c3)(O1)[C@H](O)[C@@H](O)[C@@H]2O. The highest BCUT2D eigenvalue weighted by atomic mass is 35.5. The van der Waals surface area contributed by atoms with Crippen LogP contribution in [-0.2, 0) is 31.2 Å². The summed E-state index contributed by atoms with van der Waals surface area (Å²) in [5, 5.41) is 33.1. The van der Waals surface area contributed by atoms with Gasteiger partial charge in [0.1, 0.15) is 30.2 Å².